The fourth-order valence-electron chi connectivity index (χ4n) is 1.39. The quantitative estimate of drug-likeness (QED) is 0.753. The van der Waals surface area contributed by atoms with Gasteiger partial charge in [0.25, 0.3) is 5.19 Å². The first-order chi connectivity index (χ1) is 6.72. The first kappa shape index (κ1) is 9.46. The molecule has 0 unspecified atom stereocenters. The van der Waals surface area contributed by atoms with Crippen LogP contribution in [0.5, 0.6) is 5.19 Å². The van der Waals surface area contributed by atoms with Crippen molar-refractivity contribution in [3.05, 3.63) is 23.3 Å². The average molecular weight is 207 g/mol. The Hall–Kier alpha value is -1.09. The molecule has 0 amide bonds. The van der Waals surface area contributed by atoms with Crippen LogP contribution in [-0.4, -0.2) is 11.6 Å². The highest BCUT2D eigenvalue weighted by atomic mass is 32.1. The number of thiazole rings is 1. The van der Waals surface area contributed by atoms with Crippen LogP contribution in [0.3, 0.4) is 0 Å². The summed E-state index contributed by atoms with van der Waals surface area (Å²) in [5.74, 6) is 0. The molecule has 0 radical (unpaired) electrons. The topological polar surface area (TPSA) is 22.1 Å². The van der Waals surface area contributed by atoms with Crippen LogP contribution in [0, 0.1) is 13.8 Å². The maximum atomic E-state index is 5.39. The number of ether oxygens (including phenoxy) is 1. The van der Waals surface area contributed by atoms with Gasteiger partial charge in [-0.1, -0.05) is 17.4 Å². The van der Waals surface area contributed by atoms with Crippen molar-refractivity contribution in [2.75, 3.05) is 6.61 Å². The van der Waals surface area contributed by atoms with Crippen molar-refractivity contribution in [1.82, 2.24) is 4.98 Å². The van der Waals surface area contributed by atoms with Crippen LogP contribution in [0.1, 0.15) is 18.1 Å². The monoisotopic (exact) mass is 207 g/mol. The van der Waals surface area contributed by atoms with E-state index < -0.39 is 0 Å². The van der Waals surface area contributed by atoms with Crippen LogP contribution in [-0.2, 0) is 0 Å². The first-order valence-electron chi connectivity index (χ1n) is 4.72. The summed E-state index contributed by atoms with van der Waals surface area (Å²) in [6, 6.07) is 4.16. The summed E-state index contributed by atoms with van der Waals surface area (Å²) in [6.45, 7) is 6.91. The van der Waals surface area contributed by atoms with E-state index in [0.717, 1.165) is 10.7 Å². The molecular formula is C11H13NOS. The fourth-order valence-corrected chi connectivity index (χ4v) is 2.41. The Kier molecular flexibility index (Phi) is 2.42. The van der Waals surface area contributed by atoms with Gasteiger partial charge in [-0.15, -0.1) is 0 Å². The summed E-state index contributed by atoms with van der Waals surface area (Å²) in [6.07, 6.45) is 0. The van der Waals surface area contributed by atoms with Crippen molar-refractivity contribution in [3.63, 3.8) is 0 Å². The second kappa shape index (κ2) is 3.58. The Labute approximate surface area is 87.5 Å². The number of rotatable bonds is 2. The predicted octanol–water partition coefficient (Wildman–Crippen LogP) is 3.31. The fraction of sp³-hybridized carbons (Fsp3) is 0.364. The van der Waals surface area contributed by atoms with Crippen molar-refractivity contribution in [3.8, 4) is 5.19 Å². The highest BCUT2D eigenvalue weighted by Gasteiger charge is 2.07. The molecular weight excluding hydrogens is 194 g/mol. The van der Waals surface area contributed by atoms with Gasteiger partial charge >= 0.3 is 0 Å². The standard InChI is InChI=1S/C11H13NOS/c1-4-13-11-12-9-6-5-7(2)8(3)10(9)14-11/h5-6H,4H2,1-3H3. The number of benzene rings is 1. The number of aromatic nitrogens is 1. The van der Waals surface area contributed by atoms with Gasteiger partial charge in [-0.2, -0.15) is 0 Å². The van der Waals surface area contributed by atoms with Gasteiger partial charge < -0.3 is 4.74 Å². The highest BCUT2D eigenvalue weighted by molar-refractivity contribution is 7.20. The van der Waals surface area contributed by atoms with Crippen LogP contribution >= 0.6 is 11.3 Å². The van der Waals surface area contributed by atoms with E-state index in [0.29, 0.717) is 6.61 Å². The lowest BCUT2D eigenvalue weighted by Gasteiger charge is -1.97. The Bertz CT molecular complexity index is 462. The number of hydrogen-bond donors (Lipinski definition) is 0. The first-order valence-corrected chi connectivity index (χ1v) is 5.53. The molecule has 0 aliphatic carbocycles. The van der Waals surface area contributed by atoms with E-state index in [1.54, 1.807) is 11.3 Å². The summed E-state index contributed by atoms with van der Waals surface area (Å²) in [4.78, 5) is 4.40. The average Bonchev–Trinajstić information content (AvgIpc) is 2.56. The summed E-state index contributed by atoms with van der Waals surface area (Å²) in [5, 5.41) is 0.774. The van der Waals surface area contributed by atoms with E-state index in [9.17, 15) is 0 Å². The minimum absolute atomic E-state index is 0.678. The Balaban J connectivity index is 2.59. The van der Waals surface area contributed by atoms with E-state index in [-0.39, 0.29) is 0 Å². The lowest BCUT2D eigenvalue weighted by molar-refractivity contribution is 0.339. The second-order valence-electron chi connectivity index (χ2n) is 3.27. The normalized spacial score (nSPS) is 10.8. The molecule has 0 saturated carbocycles. The van der Waals surface area contributed by atoms with Crippen molar-refractivity contribution < 1.29 is 4.74 Å². The molecule has 2 nitrogen and oxygen atoms in total. The van der Waals surface area contributed by atoms with Crippen LogP contribution < -0.4 is 4.74 Å². The van der Waals surface area contributed by atoms with E-state index in [2.05, 4.69) is 31.0 Å². The summed E-state index contributed by atoms with van der Waals surface area (Å²) in [5.41, 5.74) is 3.66. The molecule has 0 aliphatic heterocycles. The highest BCUT2D eigenvalue weighted by Crippen LogP contribution is 2.31. The van der Waals surface area contributed by atoms with Gasteiger partial charge in [0.1, 0.15) is 0 Å². The molecule has 0 atom stereocenters. The summed E-state index contributed by atoms with van der Waals surface area (Å²) >= 11 is 1.63. The molecule has 2 rings (SSSR count). The second-order valence-corrected chi connectivity index (χ2v) is 4.23. The minimum Gasteiger partial charge on any atom is -0.470 e. The third kappa shape index (κ3) is 1.48. The number of aryl methyl sites for hydroxylation is 2. The largest absolute Gasteiger partial charge is 0.470 e. The molecule has 0 aliphatic rings. The van der Waals surface area contributed by atoms with Crippen molar-refractivity contribution >= 4 is 21.6 Å². The van der Waals surface area contributed by atoms with Crippen LogP contribution in [0.2, 0.25) is 0 Å². The third-order valence-corrected chi connectivity index (χ3v) is 3.43. The maximum absolute atomic E-state index is 5.39. The molecule has 0 saturated heterocycles. The third-order valence-electron chi connectivity index (χ3n) is 2.32. The van der Waals surface area contributed by atoms with Gasteiger partial charge in [-0.3, -0.25) is 0 Å². The van der Waals surface area contributed by atoms with Gasteiger partial charge in [0.05, 0.1) is 16.8 Å². The lowest BCUT2D eigenvalue weighted by atomic mass is 10.1. The van der Waals surface area contributed by atoms with Gasteiger partial charge in [-0.05, 0) is 38.0 Å². The van der Waals surface area contributed by atoms with Gasteiger partial charge in [0, 0.05) is 0 Å². The van der Waals surface area contributed by atoms with E-state index in [1.165, 1.54) is 15.8 Å². The van der Waals surface area contributed by atoms with Crippen LogP contribution in [0.4, 0.5) is 0 Å². The summed E-state index contributed by atoms with van der Waals surface area (Å²) < 4.78 is 6.64. The number of nitrogens with zero attached hydrogens (tertiary/aromatic N) is 1. The Morgan fingerprint density at radius 1 is 1.36 bits per heavy atom. The molecule has 14 heavy (non-hydrogen) atoms. The van der Waals surface area contributed by atoms with Crippen LogP contribution in [0.25, 0.3) is 10.2 Å². The predicted molar refractivity (Wildman–Crippen MR) is 60.3 cm³/mol. The number of hydrogen-bond acceptors (Lipinski definition) is 3. The van der Waals surface area contributed by atoms with Gasteiger partial charge in [0.15, 0.2) is 0 Å². The Morgan fingerprint density at radius 2 is 2.14 bits per heavy atom. The zero-order valence-corrected chi connectivity index (χ0v) is 9.44. The SMILES string of the molecule is CCOc1nc2ccc(C)c(C)c2s1. The minimum atomic E-state index is 0.678. The molecule has 0 bridgehead atoms. The van der Waals surface area contributed by atoms with E-state index >= 15 is 0 Å². The van der Waals surface area contributed by atoms with E-state index in [4.69, 9.17) is 4.74 Å². The molecule has 74 valence electrons. The zero-order valence-electron chi connectivity index (χ0n) is 8.63. The Morgan fingerprint density at radius 3 is 2.86 bits per heavy atom. The maximum Gasteiger partial charge on any atom is 0.274 e. The molecule has 0 fully saturated rings. The molecule has 1 aromatic heterocycles. The van der Waals surface area contributed by atoms with Crippen LogP contribution in [0.15, 0.2) is 12.1 Å². The van der Waals surface area contributed by atoms with E-state index in [1.807, 2.05) is 6.92 Å². The molecule has 3 heteroatoms. The zero-order chi connectivity index (χ0) is 10.1. The van der Waals surface area contributed by atoms with Gasteiger partial charge in [0.2, 0.25) is 0 Å². The molecule has 2 aromatic rings. The summed E-state index contributed by atoms with van der Waals surface area (Å²) in [7, 11) is 0. The molecule has 0 spiro atoms. The molecule has 1 heterocycles. The van der Waals surface area contributed by atoms with Crippen molar-refractivity contribution in [1.29, 1.82) is 0 Å². The van der Waals surface area contributed by atoms with Gasteiger partial charge in [-0.25, -0.2) is 4.98 Å². The molecule has 1 aromatic carbocycles. The lowest BCUT2D eigenvalue weighted by Crippen LogP contribution is -1.88. The van der Waals surface area contributed by atoms with Crippen molar-refractivity contribution in [2.24, 2.45) is 0 Å². The van der Waals surface area contributed by atoms with Crippen molar-refractivity contribution in [2.45, 2.75) is 20.8 Å². The number of fused-ring (bicyclic) bond motifs is 1. The molecule has 0 N–H and O–H groups in total. The smallest absolute Gasteiger partial charge is 0.274 e.